The molecule has 1 saturated heterocycles. The third-order valence-electron chi connectivity index (χ3n) is 4.22. The number of ether oxygens (including phenoxy) is 1. The predicted molar refractivity (Wildman–Crippen MR) is 98.9 cm³/mol. The quantitative estimate of drug-likeness (QED) is 0.812. The lowest BCUT2D eigenvalue weighted by atomic mass is 10.2. The fourth-order valence-corrected chi connectivity index (χ4v) is 4.31. The van der Waals surface area contributed by atoms with Gasteiger partial charge in [-0.05, 0) is 42.0 Å². The van der Waals surface area contributed by atoms with Crippen molar-refractivity contribution in [1.82, 2.24) is 8.61 Å². The molecular formula is C18H20FN3O4S. The second kappa shape index (κ2) is 8.03. The zero-order chi connectivity index (χ0) is 19.4. The van der Waals surface area contributed by atoms with E-state index in [0.29, 0.717) is 17.0 Å². The molecule has 27 heavy (non-hydrogen) atoms. The summed E-state index contributed by atoms with van der Waals surface area (Å²) >= 11 is 0. The lowest BCUT2D eigenvalue weighted by Gasteiger charge is -2.18. The summed E-state index contributed by atoms with van der Waals surface area (Å²) in [7, 11) is -2.20. The summed E-state index contributed by atoms with van der Waals surface area (Å²) in [4.78, 5) is 12.2. The van der Waals surface area contributed by atoms with Crippen molar-refractivity contribution in [1.29, 1.82) is 0 Å². The van der Waals surface area contributed by atoms with E-state index in [2.05, 4.69) is 5.32 Å². The molecule has 0 unspecified atom stereocenters. The maximum absolute atomic E-state index is 13.0. The summed E-state index contributed by atoms with van der Waals surface area (Å²) in [5.41, 5.74) is 1.24. The van der Waals surface area contributed by atoms with Crippen LogP contribution in [-0.2, 0) is 21.5 Å². The number of benzene rings is 2. The van der Waals surface area contributed by atoms with Crippen molar-refractivity contribution in [2.75, 3.05) is 32.1 Å². The van der Waals surface area contributed by atoms with Crippen molar-refractivity contribution in [3.05, 3.63) is 59.9 Å². The standard InChI is InChI=1S/C18H20FN3O4S/c1-26-17-8-6-16(7-9-17)20-18(23)13-22-11-10-21(27(22,24)25)12-14-2-4-15(19)5-3-14/h2-9H,10-13H2,1H3,(H,20,23). The second-order valence-corrected chi connectivity index (χ2v) is 8.01. The number of methoxy groups -OCH3 is 1. The van der Waals surface area contributed by atoms with E-state index in [9.17, 15) is 17.6 Å². The Morgan fingerprint density at radius 1 is 1.07 bits per heavy atom. The largest absolute Gasteiger partial charge is 0.497 e. The first-order chi connectivity index (χ1) is 12.9. The van der Waals surface area contributed by atoms with Gasteiger partial charge in [0.2, 0.25) is 5.91 Å². The number of nitrogens with zero attached hydrogens (tertiary/aromatic N) is 2. The maximum Gasteiger partial charge on any atom is 0.282 e. The van der Waals surface area contributed by atoms with Gasteiger partial charge in [0.25, 0.3) is 10.2 Å². The minimum atomic E-state index is -3.74. The first-order valence-corrected chi connectivity index (χ1v) is 9.72. The van der Waals surface area contributed by atoms with Crippen LogP contribution in [0.1, 0.15) is 5.56 Å². The molecule has 7 nitrogen and oxygen atoms in total. The fourth-order valence-electron chi connectivity index (χ4n) is 2.77. The van der Waals surface area contributed by atoms with Gasteiger partial charge in [-0.15, -0.1) is 0 Å². The second-order valence-electron chi connectivity index (χ2n) is 6.08. The molecule has 144 valence electrons. The van der Waals surface area contributed by atoms with Crippen LogP contribution in [0.3, 0.4) is 0 Å². The lowest BCUT2D eigenvalue weighted by Crippen LogP contribution is -2.37. The topological polar surface area (TPSA) is 79.0 Å². The van der Waals surface area contributed by atoms with Gasteiger partial charge in [-0.25, -0.2) is 4.39 Å². The van der Waals surface area contributed by atoms with Crippen molar-refractivity contribution < 1.29 is 22.3 Å². The van der Waals surface area contributed by atoms with Gasteiger partial charge in [-0.3, -0.25) is 4.79 Å². The molecule has 9 heteroatoms. The zero-order valence-corrected chi connectivity index (χ0v) is 15.6. The van der Waals surface area contributed by atoms with Gasteiger partial charge in [0.15, 0.2) is 0 Å². The minimum absolute atomic E-state index is 0.138. The van der Waals surface area contributed by atoms with Crippen molar-refractivity contribution in [3.63, 3.8) is 0 Å². The Morgan fingerprint density at radius 2 is 1.70 bits per heavy atom. The average Bonchev–Trinajstić information content (AvgIpc) is 2.91. The molecule has 0 aromatic heterocycles. The van der Waals surface area contributed by atoms with Gasteiger partial charge in [0.05, 0.1) is 13.7 Å². The van der Waals surface area contributed by atoms with Crippen LogP contribution >= 0.6 is 0 Å². The highest BCUT2D eigenvalue weighted by Crippen LogP contribution is 2.20. The number of carbonyl (C=O) groups excluding carboxylic acids is 1. The highest BCUT2D eigenvalue weighted by molar-refractivity contribution is 7.87. The molecule has 0 saturated carbocycles. The van der Waals surface area contributed by atoms with Crippen molar-refractivity contribution in [2.24, 2.45) is 0 Å². The van der Waals surface area contributed by atoms with Crippen LogP contribution in [-0.4, -0.2) is 49.7 Å². The van der Waals surface area contributed by atoms with Gasteiger partial charge in [-0.2, -0.15) is 17.0 Å². The van der Waals surface area contributed by atoms with Crippen molar-refractivity contribution in [3.8, 4) is 5.75 Å². The van der Waals surface area contributed by atoms with Gasteiger partial charge < -0.3 is 10.1 Å². The highest BCUT2D eigenvalue weighted by Gasteiger charge is 2.37. The van der Waals surface area contributed by atoms with E-state index >= 15 is 0 Å². The number of carbonyl (C=O) groups is 1. The normalized spacial score (nSPS) is 17.0. The smallest absolute Gasteiger partial charge is 0.282 e. The molecule has 1 fully saturated rings. The van der Waals surface area contributed by atoms with E-state index in [1.165, 1.54) is 16.4 Å². The van der Waals surface area contributed by atoms with Crippen LogP contribution in [0.15, 0.2) is 48.5 Å². The molecule has 2 aromatic rings. The van der Waals surface area contributed by atoms with E-state index in [1.54, 1.807) is 43.5 Å². The monoisotopic (exact) mass is 393 g/mol. The average molecular weight is 393 g/mol. The molecule has 1 aliphatic rings. The van der Waals surface area contributed by atoms with E-state index in [0.717, 1.165) is 4.31 Å². The predicted octanol–water partition coefficient (Wildman–Crippen LogP) is 1.84. The molecule has 0 radical (unpaired) electrons. The Kier molecular flexibility index (Phi) is 5.73. The van der Waals surface area contributed by atoms with Crippen LogP contribution in [0.5, 0.6) is 5.75 Å². The fraction of sp³-hybridized carbons (Fsp3) is 0.278. The zero-order valence-electron chi connectivity index (χ0n) is 14.8. The third-order valence-corrected chi connectivity index (χ3v) is 6.15. The van der Waals surface area contributed by atoms with Crippen molar-refractivity contribution in [2.45, 2.75) is 6.54 Å². The van der Waals surface area contributed by atoms with E-state index in [1.807, 2.05) is 0 Å². The summed E-state index contributed by atoms with van der Waals surface area (Å²) in [6.45, 7) is 0.364. The molecular weight excluding hydrogens is 373 g/mol. The molecule has 1 aliphatic heterocycles. The summed E-state index contributed by atoms with van der Waals surface area (Å²) in [6.07, 6.45) is 0. The van der Waals surface area contributed by atoms with Gasteiger partial charge in [0.1, 0.15) is 11.6 Å². The number of hydrogen-bond donors (Lipinski definition) is 1. The van der Waals surface area contributed by atoms with Gasteiger partial charge in [0, 0.05) is 25.3 Å². The molecule has 0 bridgehead atoms. The van der Waals surface area contributed by atoms with Crippen molar-refractivity contribution >= 4 is 21.8 Å². The molecule has 2 aromatic carbocycles. The Bertz CT molecular complexity index is 901. The molecule has 0 atom stereocenters. The Hall–Kier alpha value is -2.49. The van der Waals surface area contributed by atoms with E-state index in [4.69, 9.17) is 4.74 Å². The Balaban J connectivity index is 1.60. The molecule has 3 rings (SSSR count). The third kappa shape index (κ3) is 4.62. The Morgan fingerprint density at radius 3 is 2.33 bits per heavy atom. The molecule has 0 aliphatic carbocycles. The van der Waals surface area contributed by atoms with E-state index in [-0.39, 0.29) is 32.0 Å². The first-order valence-electron chi connectivity index (χ1n) is 8.32. The lowest BCUT2D eigenvalue weighted by molar-refractivity contribution is -0.116. The maximum atomic E-state index is 13.0. The summed E-state index contributed by atoms with van der Waals surface area (Å²) in [5.74, 6) is -0.140. The highest BCUT2D eigenvalue weighted by atomic mass is 32.2. The van der Waals surface area contributed by atoms with Crippen LogP contribution in [0, 0.1) is 5.82 Å². The van der Waals surface area contributed by atoms with E-state index < -0.39 is 16.1 Å². The van der Waals surface area contributed by atoms with Crippen LogP contribution in [0.4, 0.5) is 10.1 Å². The summed E-state index contributed by atoms with van der Waals surface area (Å²) < 4.78 is 45.7. The summed E-state index contributed by atoms with van der Waals surface area (Å²) in [6, 6.07) is 12.4. The number of rotatable bonds is 6. The molecule has 0 spiro atoms. The van der Waals surface area contributed by atoms with Crippen LogP contribution < -0.4 is 10.1 Å². The molecule has 1 heterocycles. The first kappa shape index (κ1) is 19.3. The minimum Gasteiger partial charge on any atom is -0.497 e. The Labute approximate surface area is 157 Å². The number of amides is 1. The SMILES string of the molecule is COc1ccc(NC(=O)CN2CCN(Cc3ccc(F)cc3)S2(=O)=O)cc1. The molecule has 1 N–H and O–H groups in total. The summed E-state index contributed by atoms with van der Waals surface area (Å²) in [5, 5.41) is 2.67. The number of hydrogen-bond acceptors (Lipinski definition) is 4. The van der Waals surface area contributed by atoms with Crippen LogP contribution in [0.2, 0.25) is 0 Å². The number of halogens is 1. The number of nitrogens with one attached hydrogen (secondary N) is 1. The number of anilines is 1. The van der Waals surface area contributed by atoms with Crippen LogP contribution in [0.25, 0.3) is 0 Å². The molecule has 1 amide bonds. The van der Waals surface area contributed by atoms with Gasteiger partial charge in [-0.1, -0.05) is 12.1 Å². The van der Waals surface area contributed by atoms with Gasteiger partial charge >= 0.3 is 0 Å².